The zero-order valence-electron chi connectivity index (χ0n) is 12.2. The van der Waals surface area contributed by atoms with Crippen LogP contribution >= 0.6 is 0 Å². The number of piperidine rings is 1. The average molecular weight is 302 g/mol. The van der Waals surface area contributed by atoms with Gasteiger partial charge in [-0.2, -0.15) is 0 Å². The zero-order chi connectivity index (χ0) is 15.7. The highest BCUT2D eigenvalue weighted by molar-refractivity contribution is 6.22. The first-order chi connectivity index (χ1) is 10.6. The summed E-state index contributed by atoms with van der Waals surface area (Å²) in [6.45, 7) is 1.68. The minimum Gasteiger partial charge on any atom is -0.478 e. The van der Waals surface area contributed by atoms with Crippen LogP contribution in [0.15, 0.2) is 24.3 Å². The topological polar surface area (TPSA) is 77.9 Å². The number of imide groups is 1. The van der Waals surface area contributed by atoms with Crippen LogP contribution in [0.5, 0.6) is 0 Å². The number of aromatic carboxylic acids is 1. The summed E-state index contributed by atoms with van der Waals surface area (Å²) in [6, 6.07) is 5.56. The van der Waals surface area contributed by atoms with Crippen molar-refractivity contribution in [1.82, 2.24) is 4.90 Å². The molecule has 0 bridgehead atoms. The van der Waals surface area contributed by atoms with Crippen LogP contribution in [-0.2, 0) is 9.59 Å². The number of hydrogen-bond acceptors (Lipinski definition) is 4. The molecule has 116 valence electrons. The summed E-state index contributed by atoms with van der Waals surface area (Å²) in [5.74, 6) is -1.58. The first-order valence-corrected chi connectivity index (χ1v) is 7.52. The molecule has 3 rings (SSSR count). The highest BCUT2D eigenvalue weighted by Gasteiger charge is 2.42. The van der Waals surface area contributed by atoms with Gasteiger partial charge >= 0.3 is 5.97 Å². The van der Waals surface area contributed by atoms with Crippen molar-refractivity contribution in [3.05, 3.63) is 29.8 Å². The van der Waals surface area contributed by atoms with Gasteiger partial charge in [0.25, 0.3) is 5.91 Å². The molecule has 6 nitrogen and oxygen atoms in total. The molecule has 0 radical (unpaired) electrons. The Balaban J connectivity index is 1.85. The summed E-state index contributed by atoms with van der Waals surface area (Å²) in [6.07, 6.45) is 3.44. The molecule has 6 heteroatoms. The monoisotopic (exact) mass is 302 g/mol. The first kappa shape index (κ1) is 14.7. The lowest BCUT2D eigenvalue weighted by atomic mass is 10.1. The van der Waals surface area contributed by atoms with Crippen molar-refractivity contribution in [2.75, 3.05) is 18.0 Å². The summed E-state index contributed by atoms with van der Waals surface area (Å²) in [5.41, 5.74) is 0.411. The number of nitrogens with zero attached hydrogens (tertiary/aromatic N) is 2. The van der Waals surface area contributed by atoms with Crippen LogP contribution < -0.4 is 4.90 Å². The number of amides is 2. The van der Waals surface area contributed by atoms with Crippen molar-refractivity contribution >= 4 is 23.5 Å². The number of benzene rings is 1. The van der Waals surface area contributed by atoms with Crippen molar-refractivity contribution in [2.45, 2.75) is 31.7 Å². The minimum atomic E-state index is -1.08. The molecular weight excluding hydrogens is 284 g/mol. The molecule has 2 saturated heterocycles. The lowest BCUT2D eigenvalue weighted by molar-refractivity contribution is -0.123. The van der Waals surface area contributed by atoms with E-state index in [0.717, 1.165) is 37.3 Å². The van der Waals surface area contributed by atoms with Gasteiger partial charge in [0.1, 0.15) is 0 Å². The SMILES string of the molecule is O=C(O)c1cccc(N2C(=O)CC(N3CCCCC3)C2=O)c1. The first-order valence-electron chi connectivity index (χ1n) is 7.52. The van der Waals surface area contributed by atoms with E-state index in [1.54, 1.807) is 12.1 Å². The van der Waals surface area contributed by atoms with Gasteiger partial charge in [0.05, 0.1) is 23.7 Å². The fraction of sp³-hybridized carbons (Fsp3) is 0.438. The normalized spacial score (nSPS) is 23.1. The predicted octanol–water partition coefficient (Wildman–Crippen LogP) is 1.50. The molecule has 2 aliphatic heterocycles. The van der Waals surface area contributed by atoms with Gasteiger partial charge in [-0.25, -0.2) is 9.69 Å². The molecule has 2 amide bonds. The van der Waals surface area contributed by atoms with Gasteiger partial charge in [0.2, 0.25) is 5.91 Å². The summed E-state index contributed by atoms with van der Waals surface area (Å²) >= 11 is 0. The van der Waals surface area contributed by atoms with Gasteiger partial charge in [-0.15, -0.1) is 0 Å². The van der Waals surface area contributed by atoms with Crippen molar-refractivity contribution in [2.24, 2.45) is 0 Å². The van der Waals surface area contributed by atoms with Crippen LogP contribution in [0.3, 0.4) is 0 Å². The highest BCUT2D eigenvalue weighted by atomic mass is 16.4. The second-order valence-corrected chi connectivity index (χ2v) is 5.74. The molecule has 22 heavy (non-hydrogen) atoms. The third-order valence-corrected chi connectivity index (χ3v) is 4.31. The number of rotatable bonds is 3. The van der Waals surface area contributed by atoms with Gasteiger partial charge in [-0.3, -0.25) is 14.5 Å². The lowest BCUT2D eigenvalue weighted by Crippen LogP contribution is -2.44. The van der Waals surface area contributed by atoms with Gasteiger partial charge in [-0.05, 0) is 44.1 Å². The van der Waals surface area contributed by atoms with Crippen molar-refractivity contribution in [3.8, 4) is 0 Å². The number of likely N-dealkylation sites (tertiary alicyclic amines) is 1. The van der Waals surface area contributed by atoms with E-state index in [1.807, 2.05) is 0 Å². The number of carboxylic acid groups (broad SMARTS) is 1. The Hall–Kier alpha value is -2.21. The third-order valence-electron chi connectivity index (χ3n) is 4.31. The van der Waals surface area contributed by atoms with Gasteiger partial charge in [0, 0.05) is 0 Å². The summed E-state index contributed by atoms with van der Waals surface area (Å²) < 4.78 is 0. The molecule has 0 aliphatic carbocycles. The fourth-order valence-electron chi connectivity index (χ4n) is 3.18. The Morgan fingerprint density at radius 2 is 1.86 bits per heavy atom. The van der Waals surface area contributed by atoms with Gasteiger partial charge in [0.15, 0.2) is 0 Å². The van der Waals surface area contributed by atoms with E-state index in [4.69, 9.17) is 5.11 Å². The number of anilines is 1. The second kappa shape index (κ2) is 5.88. The molecule has 0 spiro atoms. The van der Waals surface area contributed by atoms with Crippen molar-refractivity contribution in [3.63, 3.8) is 0 Å². The van der Waals surface area contributed by atoms with E-state index < -0.39 is 12.0 Å². The summed E-state index contributed by atoms with van der Waals surface area (Å²) in [5, 5.41) is 9.04. The van der Waals surface area contributed by atoms with E-state index >= 15 is 0 Å². The molecule has 1 unspecified atom stereocenters. The highest BCUT2D eigenvalue weighted by Crippen LogP contribution is 2.27. The van der Waals surface area contributed by atoms with Gasteiger partial charge in [-0.1, -0.05) is 12.5 Å². The van der Waals surface area contributed by atoms with Crippen molar-refractivity contribution < 1.29 is 19.5 Å². The number of carbonyl (C=O) groups excluding carboxylic acids is 2. The quantitative estimate of drug-likeness (QED) is 0.856. The molecule has 0 aromatic heterocycles. The zero-order valence-corrected chi connectivity index (χ0v) is 12.2. The molecular formula is C16H18N2O4. The van der Waals surface area contributed by atoms with Crippen LogP contribution in [0.4, 0.5) is 5.69 Å². The van der Waals surface area contributed by atoms with Crippen LogP contribution in [0, 0.1) is 0 Å². The molecule has 1 N–H and O–H groups in total. The van der Waals surface area contributed by atoms with E-state index in [2.05, 4.69) is 4.90 Å². The molecule has 1 aromatic rings. The molecule has 1 atom stereocenters. The molecule has 0 saturated carbocycles. The predicted molar refractivity (Wildman–Crippen MR) is 79.7 cm³/mol. The maximum atomic E-state index is 12.6. The maximum absolute atomic E-state index is 12.6. The molecule has 2 fully saturated rings. The van der Waals surface area contributed by atoms with E-state index in [0.29, 0.717) is 5.69 Å². The summed E-state index contributed by atoms with van der Waals surface area (Å²) in [7, 11) is 0. The van der Waals surface area contributed by atoms with Crippen LogP contribution in [0.25, 0.3) is 0 Å². The van der Waals surface area contributed by atoms with Crippen LogP contribution in [0.1, 0.15) is 36.0 Å². The Morgan fingerprint density at radius 1 is 1.14 bits per heavy atom. The van der Waals surface area contributed by atoms with Crippen LogP contribution in [0.2, 0.25) is 0 Å². The number of carbonyl (C=O) groups is 3. The minimum absolute atomic E-state index is 0.0690. The largest absolute Gasteiger partial charge is 0.478 e. The summed E-state index contributed by atoms with van der Waals surface area (Å²) in [4.78, 5) is 39.1. The standard InChI is InChI=1S/C16H18N2O4/c19-14-10-13(17-7-2-1-3-8-17)15(20)18(14)12-6-4-5-11(9-12)16(21)22/h4-6,9,13H,1-3,7-8,10H2,(H,21,22). The van der Waals surface area contributed by atoms with E-state index in [-0.39, 0.29) is 23.8 Å². The van der Waals surface area contributed by atoms with Crippen LogP contribution in [-0.4, -0.2) is 46.9 Å². The Kier molecular flexibility index (Phi) is 3.94. The maximum Gasteiger partial charge on any atom is 0.335 e. The molecule has 2 aliphatic rings. The average Bonchev–Trinajstić information content (AvgIpc) is 2.83. The van der Waals surface area contributed by atoms with Crippen molar-refractivity contribution in [1.29, 1.82) is 0 Å². The molecule has 2 heterocycles. The lowest BCUT2D eigenvalue weighted by Gasteiger charge is -2.30. The van der Waals surface area contributed by atoms with E-state index in [1.165, 1.54) is 12.1 Å². The Morgan fingerprint density at radius 3 is 2.55 bits per heavy atom. The number of hydrogen-bond donors (Lipinski definition) is 1. The van der Waals surface area contributed by atoms with Gasteiger partial charge < -0.3 is 5.11 Å². The second-order valence-electron chi connectivity index (χ2n) is 5.74. The third kappa shape index (κ3) is 2.62. The van der Waals surface area contributed by atoms with E-state index in [9.17, 15) is 14.4 Å². The number of carboxylic acids is 1. The Bertz CT molecular complexity index is 622. The smallest absolute Gasteiger partial charge is 0.335 e. The Labute approximate surface area is 128 Å². The molecule has 1 aromatic carbocycles. The fourth-order valence-corrected chi connectivity index (χ4v) is 3.18.